The first-order valence-electron chi connectivity index (χ1n) is 19.9. The summed E-state index contributed by atoms with van der Waals surface area (Å²) in [5, 5.41) is 13.7. The minimum absolute atomic E-state index is 0.0190. The van der Waals surface area contributed by atoms with Crippen LogP contribution < -0.4 is 10.2 Å². The molecule has 3 atom stereocenters. The number of carbonyl (C=O) groups is 1. The van der Waals surface area contributed by atoms with Gasteiger partial charge in [-0.2, -0.15) is 0 Å². The summed E-state index contributed by atoms with van der Waals surface area (Å²) in [6.45, 7) is 4.41. The molecule has 0 aromatic rings. The van der Waals surface area contributed by atoms with Crippen molar-refractivity contribution in [1.29, 1.82) is 0 Å². The minimum atomic E-state index is -4.61. The van der Waals surface area contributed by atoms with Gasteiger partial charge in [-0.15, -0.1) is 0 Å². The number of carbonyl (C=O) groups excluding carboxylic acids is 1. The van der Waals surface area contributed by atoms with Crippen LogP contribution in [-0.2, 0) is 18.4 Å². The number of allylic oxidation sites excluding steroid dienone is 13. The largest absolute Gasteiger partial charge is 0.756 e. The van der Waals surface area contributed by atoms with E-state index in [9.17, 15) is 19.4 Å². The Bertz CT molecular complexity index is 1120. The first-order chi connectivity index (χ1) is 25.0. The summed E-state index contributed by atoms with van der Waals surface area (Å²) >= 11 is 0. The zero-order chi connectivity index (χ0) is 38.6. The van der Waals surface area contributed by atoms with Gasteiger partial charge in [-0.25, -0.2) is 0 Å². The van der Waals surface area contributed by atoms with Crippen LogP contribution in [0, 0.1) is 0 Å². The van der Waals surface area contributed by atoms with Crippen LogP contribution in [0.15, 0.2) is 85.1 Å². The van der Waals surface area contributed by atoms with E-state index in [4.69, 9.17) is 9.05 Å². The van der Waals surface area contributed by atoms with E-state index in [-0.39, 0.29) is 12.5 Å². The number of quaternary nitrogens is 1. The molecule has 0 radical (unpaired) electrons. The van der Waals surface area contributed by atoms with E-state index in [0.717, 1.165) is 89.9 Å². The summed E-state index contributed by atoms with van der Waals surface area (Å²) in [5.74, 6) is -0.242. The maximum atomic E-state index is 12.8. The normalized spacial score (nSPS) is 15.4. The number of rotatable bonds is 34. The Hall–Kier alpha value is -2.32. The molecule has 0 aromatic heterocycles. The Balaban J connectivity index is 4.64. The predicted molar refractivity (Wildman–Crippen MR) is 219 cm³/mol. The van der Waals surface area contributed by atoms with Crippen molar-refractivity contribution in [1.82, 2.24) is 5.32 Å². The lowest BCUT2D eigenvalue weighted by Gasteiger charge is -2.29. The highest BCUT2D eigenvalue weighted by atomic mass is 31.2. The van der Waals surface area contributed by atoms with Crippen LogP contribution in [0.1, 0.15) is 129 Å². The Morgan fingerprint density at radius 2 is 1.19 bits per heavy atom. The van der Waals surface area contributed by atoms with Crippen molar-refractivity contribution in [2.45, 2.75) is 142 Å². The van der Waals surface area contributed by atoms with Crippen LogP contribution in [-0.4, -0.2) is 68.5 Å². The van der Waals surface area contributed by atoms with E-state index in [2.05, 4.69) is 92.1 Å². The van der Waals surface area contributed by atoms with E-state index in [0.29, 0.717) is 17.4 Å². The SMILES string of the molecule is CC/C=C\C/C=C\C/C=C\C/C=C\CCCCCCC(=O)NC(COP(=O)([O-])OCC[N+](C)(C)C)C(O)/C=C/CC/C=C/CC/C=C/CCCCC. The van der Waals surface area contributed by atoms with Gasteiger partial charge in [0.15, 0.2) is 0 Å². The molecule has 52 heavy (non-hydrogen) atoms. The quantitative estimate of drug-likeness (QED) is 0.0294. The third kappa shape index (κ3) is 36.1. The molecule has 0 aliphatic carbocycles. The van der Waals surface area contributed by atoms with Gasteiger partial charge in [0, 0.05) is 6.42 Å². The number of aliphatic hydroxyl groups excluding tert-OH is 1. The molecule has 0 aliphatic heterocycles. The molecule has 0 rings (SSSR count). The van der Waals surface area contributed by atoms with Crippen molar-refractivity contribution >= 4 is 13.7 Å². The highest BCUT2D eigenvalue weighted by Crippen LogP contribution is 2.38. The number of likely N-dealkylation sites (N-methyl/N-ethyl adjacent to an activating group) is 1. The average Bonchev–Trinajstić information content (AvgIpc) is 3.09. The monoisotopic (exact) mass is 747 g/mol. The van der Waals surface area contributed by atoms with E-state index < -0.39 is 26.6 Å². The fourth-order valence-corrected chi connectivity index (χ4v) is 5.60. The van der Waals surface area contributed by atoms with Crippen molar-refractivity contribution in [3.05, 3.63) is 85.1 Å². The van der Waals surface area contributed by atoms with Crippen LogP contribution in [0.5, 0.6) is 0 Å². The summed E-state index contributed by atoms with van der Waals surface area (Å²) < 4.78 is 23.1. The predicted octanol–water partition coefficient (Wildman–Crippen LogP) is 9.99. The molecule has 3 unspecified atom stereocenters. The minimum Gasteiger partial charge on any atom is -0.756 e. The molecule has 0 aromatic carbocycles. The fourth-order valence-electron chi connectivity index (χ4n) is 4.88. The Labute approximate surface area is 318 Å². The number of phosphoric acid groups is 1. The van der Waals surface area contributed by atoms with Gasteiger partial charge in [-0.1, -0.05) is 125 Å². The van der Waals surface area contributed by atoms with Crippen molar-refractivity contribution in [3.63, 3.8) is 0 Å². The van der Waals surface area contributed by atoms with Crippen LogP contribution in [0.25, 0.3) is 0 Å². The molecule has 2 N–H and O–H groups in total. The molecule has 0 heterocycles. The summed E-state index contributed by atoms with van der Waals surface area (Å²) in [6, 6.07) is -0.925. The molecular weight excluding hydrogens is 671 g/mol. The van der Waals surface area contributed by atoms with Crippen molar-refractivity contribution < 1.29 is 32.9 Å². The maximum Gasteiger partial charge on any atom is 0.268 e. The molecule has 0 saturated heterocycles. The van der Waals surface area contributed by atoms with Crippen LogP contribution in [0.4, 0.5) is 0 Å². The zero-order valence-corrected chi connectivity index (χ0v) is 34.4. The molecule has 0 aliphatic rings. The van der Waals surface area contributed by atoms with Crippen LogP contribution >= 0.6 is 7.82 Å². The standard InChI is InChI=1S/C43H75N2O6P/c1-6-8-10-12-14-16-18-20-21-22-23-25-27-29-31-33-35-37-43(47)44-41(40-51-52(48,49)50-39-38-45(3,4)5)42(46)36-34-32-30-28-26-24-19-17-15-13-11-9-7-2/h8,10,14-17,20-21,23,25-26,28,34,36,41-42,46H,6-7,9,11-13,18-19,22,24,27,29-33,35,37-40H2,1-5H3,(H-,44,47,48,49)/b10-8-,16-14-,17-15+,21-20-,25-23-,28-26+,36-34+. The Morgan fingerprint density at radius 3 is 1.77 bits per heavy atom. The molecule has 0 spiro atoms. The molecule has 8 nitrogen and oxygen atoms in total. The molecule has 0 bridgehead atoms. The van der Waals surface area contributed by atoms with Crippen molar-refractivity contribution in [3.8, 4) is 0 Å². The summed E-state index contributed by atoms with van der Waals surface area (Å²) in [7, 11) is 1.20. The lowest BCUT2D eigenvalue weighted by Crippen LogP contribution is -2.45. The third-order valence-electron chi connectivity index (χ3n) is 8.07. The summed E-state index contributed by atoms with van der Waals surface area (Å²) in [4.78, 5) is 25.2. The first kappa shape index (κ1) is 49.7. The molecule has 9 heteroatoms. The molecule has 0 fully saturated rings. The van der Waals surface area contributed by atoms with E-state index in [1.807, 2.05) is 27.2 Å². The highest BCUT2D eigenvalue weighted by Gasteiger charge is 2.23. The van der Waals surface area contributed by atoms with Crippen molar-refractivity contribution in [2.24, 2.45) is 0 Å². The van der Waals surface area contributed by atoms with Gasteiger partial charge in [-0.3, -0.25) is 9.36 Å². The van der Waals surface area contributed by atoms with E-state index in [1.54, 1.807) is 6.08 Å². The number of aliphatic hydroxyl groups is 1. The van der Waals surface area contributed by atoms with E-state index >= 15 is 0 Å². The molecule has 298 valence electrons. The summed E-state index contributed by atoms with van der Waals surface area (Å²) in [5.41, 5.74) is 0. The summed E-state index contributed by atoms with van der Waals surface area (Å²) in [6.07, 6.45) is 46.3. The number of hydrogen-bond donors (Lipinski definition) is 2. The van der Waals surface area contributed by atoms with E-state index in [1.165, 1.54) is 19.3 Å². The zero-order valence-electron chi connectivity index (χ0n) is 33.5. The third-order valence-corrected chi connectivity index (χ3v) is 9.03. The second kappa shape index (κ2) is 34.4. The number of phosphoric ester groups is 1. The fraction of sp³-hybridized carbons (Fsp3) is 0.651. The Kier molecular flexibility index (Phi) is 32.9. The van der Waals surface area contributed by atoms with Crippen LogP contribution in [0.3, 0.4) is 0 Å². The van der Waals surface area contributed by atoms with Gasteiger partial charge in [0.2, 0.25) is 5.91 Å². The number of amides is 1. The van der Waals surface area contributed by atoms with Crippen LogP contribution in [0.2, 0.25) is 0 Å². The molecule has 0 saturated carbocycles. The van der Waals surface area contributed by atoms with Gasteiger partial charge in [0.25, 0.3) is 7.82 Å². The molecule has 1 amide bonds. The Morgan fingerprint density at radius 1 is 0.692 bits per heavy atom. The van der Waals surface area contributed by atoms with Gasteiger partial charge < -0.3 is 28.8 Å². The maximum absolute atomic E-state index is 12.8. The molecular formula is C43H75N2O6P. The van der Waals surface area contributed by atoms with Crippen molar-refractivity contribution in [2.75, 3.05) is 40.9 Å². The average molecular weight is 747 g/mol. The van der Waals surface area contributed by atoms with Gasteiger partial charge >= 0.3 is 0 Å². The number of nitrogens with zero attached hydrogens (tertiary/aromatic N) is 1. The van der Waals surface area contributed by atoms with Gasteiger partial charge in [0.05, 0.1) is 39.9 Å². The lowest BCUT2D eigenvalue weighted by molar-refractivity contribution is -0.870. The highest BCUT2D eigenvalue weighted by molar-refractivity contribution is 7.45. The smallest absolute Gasteiger partial charge is 0.268 e. The second-order valence-electron chi connectivity index (χ2n) is 14.2. The number of nitrogens with one attached hydrogen (secondary N) is 1. The second-order valence-corrected chi connectivity index (χ2v) is 15.6. The van der Waals surface area contributed by atoms with Gasteiger partial charge in [0.1, 0.15) is 13.2 Å². The van der Waals surface area contributed by atoms with Gasteiger partial charge in [-0.05, 0) is 83.5 Å². The lowest BCUT2D eigenvalue weighted by atomic mass is 10.1. The first-order valence-corrected chi connectivity index (χ1v) is 21.4. The number of hydrogen-bond acceptors (Lipinski definition) is 6. The topological polar surface area (TPSA) is 108 Å². The number of unbranched alkanes of at least 4 members (excludes halogenated alkanes) is 9.